The first-order chi connectivity index (χ1) is 14.0. The molecular formula is C22H27NO6. The highest BCUT2D eigenvalue weighted by Crippen LogP contribution is 2.40. The minimum atomic E-state index is -1.21. The molecule has 2 heterocycles. The first kappa shape index (κ1) is 20.9. The monoisotopic (exact) mass is 401 g/mol. The van der Waals surface area contributed by atoms with Crippen LogP contribution in [0.4, 0.5) is 0 Å². The molecule has 1 aliphatic rings. The summed E-state index contributed by atoms with van der Waals surface area (Å²) in [6, 6.07) is 5.38. The molecule has 0 radical (unpaired) electrons. The molecule has 0 aliphatic carbocycles. The number of carboxylic acids is 1. The molecule has 0 bridgehead atoms. The lowest BCUT2D eigenvalue weighted by Gasteiger charge is -2.21. The molecule has 0 saturated carbocycles. The maximum absolute atomic E-state index is 12.4. The second-order valence-corrected chi connectivity index (χ2v) is 7.10. The highest BCUT2D eigenvalue weighted by atomic mass is 16.5. The highest BCUT2D eigenvalue weighted by Gasteiger charge is 2.25. The van der Waals surface area contributed by atoms with E-state index in [9.17, 15) is 14.7 Å². The number of methoxy groups -OCH3 is 2. The summed E-state index contributed by atoms with van der Waals surface area (Å²) in [5, 5.41) is 9.37. The number of carboxylic acid groups (broad SMARTS) is 1. The molecule has 0 amide bonds. The summed E-state index contributed by atoms with van der Waals surface area (Å²) in [5.41, 5.74) is 1.94. The minimum absolute atomic E-state index is 0.105. The van der Waals surface area contributed by atoms with Gasteiger partial charge >= 0.3 is 5.97 Å². The average molecular weight is 401 g/mol. The van der Waals surface area contributed by atoms with Gasteiger partial charge in [0.05, 0.1) is 19.4 Å². The average Bonchev–Trinajstić information content (AvgIpc) is 2.85. The van der Waals surface area contributed by atoms with Crippen molar-refractivity contribution in [3.8, 4) is 22.8 Å². The van der Waals surface area contributed by atoms with E-state index >= 15 is 0 Å². The topological polar surface area (TPSA) is 87.0 Å². The van der Waals surface area contributed by atoms with Crippen molar-refractivity contribution < 1.29 is 24.1 Å². The van der Waals surface area contributed by atoms with E-state index in [2.05, 4.69) is 6.92 Å². The Hall–Kier alpha value is -2.80. The summed E-state index contributed by atoms with van der Waals surface area (Å²) in [7, 11) is 3.23. The number of nitrogens with zero attached hydrogens (tertiary/aromatic N) is 1. The van der Waals surface area contributed by atoms with Crippen LogP contribution in [0.3, 0.4) is 0 Å². The van der Waals surface area contributed by atoms with Gasteiger partial charge in [-0.2, -0.15) is 0 Å². The number of fused-ring (bicyclic) bond motifs is 3. The van der Waals surface area contributed by atoms with E-state index in [1.807, 2.05) is 16.7 Å². The van der Waals surface area contributed by atoms with Gasteiger partial charge in [-0.05, 0) is 37.0 Å². The fourth-order valence-electron chi connectivity index (χ4n) is 3.80. The molecule has 0 fully saturated rings. The van der Waals surface area contributed by atoms with Gasteiger partial charge in [0.15, 0.2) is 16.9 Å². The first-order valence-electron chi connectivity index (χ1n) is 9.82. The summed E-state index contributed by atoms with van der Waals surface area (Å²) in [4.78, 5) is 23.9. The zero-order chi connectivity index (χ0) is 21.0. The van der Waals surface area contributed by atoms with Crippen molar-refractivity contribution in [2.75, 3.05) is 27.4 Å². The van der Waals surface area contributed by atoms with E-state index in [1.54, 1.807) is 14.2 Å². The maximum Gasteiger partial charge on any atom is 0.341 e. The molecule has 1 aromatic heterocycles. The van der Waals surface area contributed by atoms with Crippen molar-refractivity contribution in [2.24, 2.45) is 0 Å². The van der Waals surface area contributed by atoms with Gasteiger partial charge in [-0.15, -0.1) is 0 Å². The van der Waals surface area contributed by atoms with Crippen LogP contribution in [0.15, 0.2) is 29.2 Å². The summed E-state index contributed by atoms with van der Waals surface area (Å²) in [6.45, 7) is 3.19. The molecule has 1 atom stereocenters. The van der Waals surface area contributed by atoms with E-state index in [0.29, 0.717) is 30.4 Å². The van der Waals surface area contributed by atoms with Crippen LogP contribution in [0.1, 0.15) is 48.1 Å². The van der Waals surface area contributed by atoms with Gasteiger partial charge in [0.1, 0.15) is 5.56 Å². The molecule has 1 N–H and O–H groups in total. The smallest absolute Gasteiger partial charge is 0.341 e. The Morgan fingerprint density at radius 2 is 2.00 bits per heavy atom. The fourth-order valence-corrected chi connectivity index (χ4v) is 3.80. The number of pyridine rings is 1. The number of carbonyl (C=O) groups is 1. The molecule has 3 rings (SSSR count). The van der Waals surface area contributed by atoms with Gasteiger partial charge in [0.25, 0.3) is 0 Å². The first-order valence-corrected chi connectivity index (χ1v) is 9.82. The molecule has 0 spiro atoms. The van der Waals surface area contributed by atoms with E-state index in [4.69, 9.17) is 14.2 Å². The SMILES string of the molecule is CCC1CCc2cc(OCCCOC)c(OC)cc2-c2cc(=O)c(C(=O)O)cn21. The van der Waals surface area contributed by atoms with Crippen LogP contribution in [0.25, 0.3) is 11.3 Å². The standard InChI is InChI=1S/C22H27NO6/c1-4-15-7-6-14-10-21(29-9-5-8-27-2)20(28-3)11-16(14)18-12-19(24)17(22(25)26)13-23(15)18/h10-13,15H,4-9H2,1-3H3,(H,25,26). The van der Waals surface area contributed by atoms with Gasteiger partial charge in [-0.25, -0.2) is 4.79 Å². The number of hydrogen-bond acceptors (Lipinski definition) is 5. The van der Waals surface area contributed by atoms with E-state index in [1.165, 1.54) is 12.3 Å². The van der Waals surface area contributed by atoms with Crippen LogP contribution >= 0.6 is 0 Å². The van der Waals surface area contributed by atoms with Gasteiger partial charge < -0.3 is 23.9 Å². The lowest BCUT2D eigenvalue weighted by Crippen LogP contribution is -2.20. The van der Waals surface area contributed by atoms with Crippen molar-refractivity contribution in [2.45, 2.75) is 38.6 Å². The Morgan fingerprint density at radius 1 is 1.21 bits per heavy atom. The fraction of sp³-hybridized carbons (Fsp3) is 0.455. The molecule has 1 aromatic carbocycles. The van der Waals surface area contributed by atoms with E-state index in [0.717, 1.165) is 36.8 Å². The van der Waals surface area contributed by atoms with Crippen LogP contribution < -0.4 is 14.9 Å². The Balaban J connectivity index is 2.10. The third-order valence-corrected chi connectivity index (χ3v) is 5.34. The number of benzene rings is 1. The van der Waals surface area contributed by atoms with Crippen molar-refractivity contribution in [3.63, 3.8) is 0 Å². The molecule has 29 heavy (non-hydrogen) atoms. The van der Waals surface area contributed by atoms with E-state index in [-0.39, 0.29) is 11.6 Å². The Kier molecular flexibility index (Phi) is 6.59. The summed E-state index contributed by atoms with van der Waals surface area (Å²) >= 11 is 0. The molecule has 1 unspecified atom stereocenters. The van der Waals surface area contributed by atoms with Crippen LogP contribution in [-0.4, -0.2) is 43.1 Å². The van der Waals surface area contributed by atoms with Crippen LogP contribution in [0.2, 0.25) is 0 Å². The molecule has 7 nitrogen and oxygen atoms in total. The van der Waals surface area contributed by atoms with Gasteiger partial charge in [0, 0.05) is 44.0 Å². The third kappa shape index (κ3) is 4.29. The second-order valence-electron chi connectivity index (χ2n) is 7.10. The Bertz CT molecular complexity index is 949. The highest BCUT2D eigenvalue weighted by molar-refractivity contribution is 5.87. The number of aromatic carboxylic acids is 1. The lowest BCUT2D eigenvalue weighted by atomic mass is 9.99. The summed E-state index contributed by atoms with van der Waals surface area (Å²) < 4.78 is 18.4. The van der Waals surface area contributed by atoms with Crippen molar-refractivity contribution in [1.82, 2.24) is 4.57 Å². The van der Waals surface area contributed by atoms with Crippen molar-refractivity contribution in [3.05, 3.63) is 45.7 Å². The normalized spacial score (nSPS) is 15.2. The zero-order valence-corrected chi connectivity index (χ0v) is 17.1. The van der Waals surface area contributed by atoms with Crippen LogP contribution in [0, 0.1) is 0 Å². The number of ether oxygens (including phenoxy) is 3. The largest absolute Gasteiger partial charge is 0.493 e. The molecular weight excluding hydrogens is 374 g/mol. The maximum atomic E-state index is 12.4. The van der Waals surface area contributed by atoms with Gasteiger partial charge in [0.2, 0.25) is 0 Å². The number of aryl methyl sites for hydroxylation is 1. The molecule has 2 aromatic rings. The lowest BCUT2D eigenvalue weighted by molar-refractivity contribution is 0.0694. The zero-order valence-electron chi connectivity index (χ0n) is 17.1. The van der Waals surface area contributed by atoms with Crippen LogP contribution in [0.5, 0.6) is 11.5 Å². The Morgan fingerprint density at radius 3 is 2.66 bits per heavy atom. The third-order valence-electron chi connectivity index (χ3n) is 5.34. The quantitative estimate of drug-likeness (QED) is 0.681. The molecule has 1 aliphatic heterocycles. The second kappa shape index (κ2) is 9.13. The van der Waals surface area contributed by atoms with Gasteiger partial charge in [-0.1, -0.05) is 6.92 Å². The molecule has 156 valence electrons. The minimum Gasteiger partial charge on any atom is -0.493 e. The molecule has 0 saturated heterocycles. The van der Waals surface area contributed by atoms with Crippen LogP contribution in [-0.2, 0) is 11.2 Å². The predicted molar refractivity (Wildman–Crippen MR) is 109 cm³/mol. The van der Waals surface area contributed by atoms with Crippen molar-refractivity contribution >= 4 is 5.97 Å². The number of hydrogen-bond donors (Lipinski definition) is 1. The van der Waals surface area contributed by atoms with Crippen molar-refractivity contribution in [1.29, 1.82) is 0 Å². The predicted octanol–water partition coefficient (Wildman–Crippen LogP) is 3.53. The Labute approximate surface area is 169 Å². The van der Waals surface area contributed by atoms with Gasteiger partial charge in [-0.3, -0.25) is 4.79 Å². The summed E-state index contributed by atoms with van der Waals surface area (Å²) in [5.74, 6) is 0.0350. The number of rotatable bonds is 8. The molecule has 7 heteroatoms. The number of aromatic nitrogens is 1. The van der Waals surface area contributed by atoms with E-state index < -0.39 is 11.4 Å². The summed E-state index contributed by atoms with van der Waals surface area (Å²) in [6.07, 6.45) is 4.72.